The van der Waals surface area contributed by atoms with E-state index >= 15 is 0 Å². The van der Waals surface area contributed by atoms with Crippen molar-refractivity contribution in [1.82, 2.24) is 10.2 Å². The number of carbonyl (C=O) groups excluding carboxylic acids is 2. The molecule has 1 heterocycles. The first-order valence-corrected chi connectivity index (χ1v) is 12.2. The number of non-ortho nitro benzene ring substituents is 1. The molecule has 2 amide bonds. The highest BCUT2D eigenvalue weighted by molar-refractivity contribution is 5.90. The van der Waals surface area contributed by atoms with E-state index in [-0.39, 0.29) is 23.5 Å². The van der Waals surface area contributed by atoms with Gasteiger partial charge in [0.25, 0.3) is 5.69 Å². The van der Waals surface area contributed by atoms with Gasteiger partial charge in [-0.2, -0.15) is 0 Å². The van der Waals surface area contributed by atoms with Crippen LogP contribution in [0.15, 0.2) is 78.9 Å². The SMILES string of the molecule is CC(C)(C)[C@H](NC(=O)Oc1ccc([N+](=O)[O-])cc1)C(=O)N1CC(c2cc(F)ccc2F)=CC1c1ccccc1. The van der Waals surface area contributed by atoms with Crippen LogP contribution in [0.25, 0.3) is 5.57 Å². The first-order chi connectivity index (χ1) is 18.4. The summed E-state index contributed by atoms with van der Waals surface area (Å²) in [7, 11) is 0. The van der Waals surface area contributed by atoms with Crippen molar-refractivity contribution in [2.45, 2.75) is 32.9 Å². The molecule has 0 bridgehead atoms. The number of carbonyl (C=O) groups is 2. The number of hydrogen-bond acceptors (Lipinski definition) is 5. The molecule has 0 radical (unpaired) electrons. The van der Waals surface area contributed by atoms with Crippen molar-refractivity contribution >= 4 is 23.3 Å². The largest absolute Gasteiger partial charge is 0.413 e. The fourth-order valence-corrected chi connectivity index (χ4v) is 4.38. The lowest BCUT2D eigenvalue weighted by molar-refractivity contribution is -0.384. The second-order valence-corrected chi connectivity index (χ2v) is 10.2. The maximum atomic E-state index is 14.7. The van der Waals surface area contributed by atoms with Gasteiger partial charge in [-0.1, -0.05) is 57.2 Å². The molecule has 0 aliphatic carbocycles. The van der Waals surface area contributed by atoms with E-state index in [1.165, 1.54) is 29.2 Å². The standard InChI is InChI=1S/C29H27F2N3O5/c1-29(2,3)26(32-28(36)39-22-12-10-21(11-13-22)34(37)38)27(35)33-17-19(23-16-20(30)9-14-24(23)31)15-25(33)18-7-5-4-6-8-18/h4-16,25-26H,17H2,1-3H3,(H,32,36)/t25?,26-/m1/s1. The van der Waals surface area contributed by atoms with Crippen LogP contribution in [-0.4, -0.2) is 34.4 Å². The maximum Gasteiger partial charge on any atom is 0.413 e. The highest BCUT2D eigenvalue weighted by Crippen LogP contribution is 2.37. The molecular weight excluding hydrogens is 508 g/mol. The van der Waals surface area contributed by atoms with Crippen LogP contribution < -0.4 is 10.1 Å². The van der Waals surface area contributed by atoms with E-state index < -0.39 is 46.1 Å². The first kappa shape index (κ1) is 27.4. The summed E-state index contributed by atoms with van der Waals surface area (Å²) in [5.41, 5.74) is 0.336. The summed E-state index contributed by atoms with van der Waals surface area (Å²) in [6.45, 7) is 5.31. The maximum absolute atomic E-state index is 14.7. The zero-order chi connectivity index (χ0) is 28.3. The minimum atomic E-state index is -1.06. The van der Waals surface area contributed by atoms with E-state index in [0.717, 1.165) is 23.8 Å². The average Bonchev–Trinajstić information content (AvgIpc) is 3.34. The zero-order valence-corrected chi connectivity index (χ0v) is 21.6. The number of nitro groups is 1. The van der Waals surface area contributed by atoms with Gasteiger partial charge in [0.05, 0.1) is 11.0 Å². The lowest BCUT2D eigenvalue weighted by Crippen LogP contribution is -2.55. The monoisotopic (exact) mass is 535 g/mol. The topological polar surface area (TPSA) is 102 Å². The summed E-state index contributed by atoms with van der Waals surface area (Å²) < 4.78 is 33.9. The van der Waals surface area contributed by atoms with Gasteiger partial charge >= 0.3 is 6.09 Å². The summed E-state index contributed by atoms with van der Waals surface area (Å²) in [4.78, 5) is 38.6. The van der Waals surface area contributed by atoms with Gasteiger partial charge in [-0.15, -0.1) is 0 Å². The van der Waals surface area contributed by atoms with E-state index in [9.17, 15) is 28.5 Å². The molecule has 1 unspecified atom stereocenters. The molecule has 3 aromatic rings. The molecule has 3 aromatic carbocycles. The van der Waals surface area contributed by atoms with Crippen molar-refractivity contribution in [2.75, 3.05) is 6.54 Å². The van der Waals surface area contributed by atoms with Gasteiger partial charge in [-0.25, -0.2) is 13.6 Å². The zero-order valence-electron chi connectivity index (χ0n) is 21.6. The van der Waals surface area contributed by atoms with Gasteiger partial charge in [-0.05, 0) is 46.9 Å². The van der Waals surface area contributed by atoms with Crippen LogP contribution in [0.5, 0.6) is 5.75 Å². The summed E-state index contributed by atoms with van der Waals surface area (Å²) in [5, 5.41) is 13.5. The Kier molecular flexibility index (Phi) is 7.75. The van der Waals surface area contributed by atoms with Crippen molar-refractivity contribution in [2.24, 2.45) is 5.41 Å². The minimum absolute atomic E-state index is 0.00950. The van der Waals surface area contributed by atoms with Crippen LogP contribution in [0.1, 0.15) is 37.9 Å². The average molecular weight is 536 g/mol. The van der Waals surface area contributed by atoms with Crippen LogP contribution in [0.2, 0.25) is 0 Å². The lowest BCUT2D eigenvalue weighted by Gasteiger charge is -2.35. The van der Waals surface area contributed by atoms with Gasteiger partial charge < -0.3 is 15.0 Å². The fourth-order valence-electron chi connectivity index (χ4n) is 4.38. The Labute approximate surface area is 224 Å². The van der Waals surface area contributed by atoms with Gasteiger partial charge in [0.1, 0.15) is 23.4 Å². The number of rotatable bonds is 6. The summed E-state index contributed by atoms with van der Waals surface area (Å²) in [6.07, 6.45) is 0.803. The molecule has 1 aliphatic rings. The third-order valence-corrected chi connectivity index (χ3v) is 6.37. The summed E-state index contributed by atoms with van der Waals surface area (Å²) in [6, 6.07) is 15.6. The van der Waals surface area contributed by atoms with E-state index in [1.54, 1.807) is 26.8 Å². The van der Waals surface area contributed by atoms with Crippen LogP contribution >= 0.6 is 0 Å². The Morgan fingerprint density at radius 3 is 2.33 bits per heavy atom. The minimum Gasteiger partial charge on any atom is -0.410 e. The predicted molar refractivity (Wildman–Crippen MR) is 141 cm³/mol. The van der Waals surface area contributed by atoms with Crippen LogP contribution in [0.3, 0.4) is 0 Å². The first-order valence-electron chi connectivity index (χ1n) is 12.2. The normalized spacial score (nSPS) is 15.9. The van der Waals surface area contributed by atoms with Crippen molar-refractivity contribution in [3.8, 4) is 5.75 Å². The molecule has 0 fully saturated rings. The van der Waals surface area contributed by atoms with Crippen molar-refractivity contribution < 1.29 is 28.0 Å². The highest BCUT2D eigenvalue weighted by atomic mass is 19.1. The number of nitro benzene ring substituents is 1. The van der Waals surface area contributed by atoms with Crippen molar-refractivity contribution in [1.29, 1.82) is 0 Å². The number of ether oxygens (including phenoxy) is 1. The Balaban J connectivity index is 1.61. The molecule has 39 heavy (non-hydrogen) atoms. The fraction of sp³-hybridized carbons (Fsp3) is 0.241. The van der Waals surface area contributed by atoms with E-state index in [4.69, 9.17) is 4.74 Å². The second-order valence-electron chi connectivity index (χ2n) is 10.2. The molecule has 0 saturated carbocycles. The molecule has 8 nitrogen and oxygen atoms in total. The Bertz CT molecular complexity index is 1420. The van der Waals surface area contributed by atoms with Crippen LogP contribution in [0, 0.1) is 27.2 Å². The molecule has 1 aliphatic heterocycles. The van der Waals surface area contributed by atoms with Gasteiger partial charge in [0.2, 0.25) is 5.91 Å². The summed E-state index contributed by atoms with van der Waals surface area (Å²) >= 11 is 0. The molecule has 0 spiro atoms. The number of nitrogens with one attached hydrogen (secondary N) is 1. The van der Waals surface area contributed by atoms with Crippen LogP contribution in [-0.2, 0) is 4.79 Å². The Morgan fingerprint density at radius 2 is 1.72 bits per heavy atom. The molecule has 0 saturated heterocycles. The lowest BCUT2D eigenvalue weighted by atomic mass is 9.85. The third-order valence-electron chi connectivity index (χ3n) is 6.37. The van der Waals surface area contributed by atoms with Gasteiger partial charge in [0, 0.05) is 24.2 Å². The number of halogens is 2. The predicted octanol–water partition coefficient (Wildman–Crippen LogP) is 6.04. The molecule has 1 N–H and O–H groups in total. The molecule has 2 atom stereocenters. The number of nitrogens with zero attached hydrogens (tertiary/aromatic N) is 2. The van der Waals surface area contributed by atoms with Crippen molar-refractivity contribution in [3.63, 3.8) is 0 Å². The van der Waals surface area contributed by atoms with E-state index in [2.05, 4.69) is 5.32 Å². The second kappa shape index (κ2) is 11.0. The van der Waals surface area contributed by atoms with Crippen LogP contribution in [0.4, 0.5) is 19.3 Å². The smallest absolute Gasteiger partial charge is 0.410 e. The number of amides is 2. The molecule has 0 aromatic heterocycles. The Hall–Kier alpha value is -4.60. The van der Waals surface area contributed by atoms with Gasteiger partial charge in [-0.3, -0.25) is 14.9 Å². The van der Waals surface area contributed by atoms with Gasteiger partial charge in [0.15, 0.2) is 0 Å². The van der Waals surface area contributed by atoms with Crippen molar-refractivity contribution in [3.05, 3.63) is 112 Å². The Morgan fingerprint density at radius 1 is 1.05 bits per heavy atom. The summed E-state index contributed by atoms with van der Waals surface area (Å²) in [5.74, 6) is -1.59. The highest BCUT2D eigenvalue weighted by Gasteiger charge is 2.41. The number of hydrogen-bond donors (Lipinski definition) is 1. The van der Waals surface area contributed by atoms with E-state index in [0.29, 0.717) is 5.57 Å². The quantitative estimate of drug-likeness (QED) is 0.306. The molecular formula is C29H27F2N3O5. The van der Waals surface area contributed by atoms with E-state index in [1.807, 2.05) is 30.3 Å². The third kappa shape index (κ3) is 6.28. The molecule has 10 heteroatoms. The molecule has 202 valence electrons. The number of benzene rings is 3. The molecule has 4 rings (SSSR count).